The van der Waals surface area contributed by atoms with E-state index in [4.69, 9.17) is 18.9 Å². The third-order valence-corrected chi connectivity index (χ3v) is 9.56. The Morgan fingerprint density at radius 3 is 2.27 bits per heavy atom. The summed E-state index contributed by atoms with van der Waals surface area (Å²) in [5, 5.41) is 0. The third-order valence-electron chi connectivity index (χ3n) is 9.56. The van der Waals surface area contributed by atoms with Crippen LogP contribution in [0.15, 0.2) is 71.8 Å². The lowest BCUT2D eigenvalue weighted by Crippen LogP contribution is -2.50. The summed E-state index contributed by atoms with van der Waals surface area (Å²) in [5.41, 5.74) is 2.51. The first kappa shape index (κ1) is 32.5. The molecule has 2 aromatic rings. The molecule has 0 radical (unpaired) electrons. The smallest absolute Gasteiger partial charge is 0.340 e. The Labute approximate surface area is 265 Å². The second kappa shape index (κ2) is 13.6. The summed E-state index contributed by atoms with van der Waals surface area (Å²) in [7, 11) is 0. The molecule has 0 bridgehead atoms. The molecule has 2 fully saturated rings. The number of allylic oxidation sites excluding steroid dienone is 2. The first-order valence-corrected chi connectivity index (χ1v) is 16.0. The molecule has 0 spiro atoms. The summed E-state index contributed by atoms with van der Waals surface area (Å²) in [6, 6.07) is 6.74. The summed E-state index contributed by atoms with van der Waals surface area (Å²) < 4.78 is 25.2. The van der Waals surface area contributed by atoms with Crippen LogP contribution in [0.25, 0.3) is 0 Å². The van der Waals surface area contributed by atoms with Crippen LogP contribution >= 0.6 is 0 Å². The van der Waals surface area contributed by atoms with Crippen molar-refractivity contribution in [3.05, 3.63) is 83.0 Å². The molecule has 3 aliphatic rings. The van der Waals surface area contributed by atoms with E-state index < -0.39 is 41.1 Å². The molecule has 0 N–H and O–H groups in total. The van der Waals surface area contributed by atoms with Gasteiger partial charge >= 0.3 is 17.9 Å². The van der Waals surface area contributed by atoms with Crippen LogP contribution in [0.4, 0.5) is 0 Å². The fourth-order valence-electron chi connectivity index (χ4n) is 7.07. The van der Waals surface area contributed by atoms with Crippen molar-refractivity contribution in [2.45, 2.75) is 103 Å². The summed E-state index contributed by atoms with van der Waals surface area (Å²) >= 11 is 0. The Balaban J connectivity index is 1.66. The number of esters is 3. The Kier molecular flexibility index (Phi) is 9.87. The zero-order chi connectivity index (χ0) is 32.2. The van der Waals surface area contributed by atoms with Crippen LogP contribution in [0.2, 0.25) is 0 Å². The highest BCUT2D eigenvalue weighted by Crippen LogP contribution is 2.57. The van der Waals surface area contributed by atoms with Crippen molar-refractivity contribution >= 4 is 17.9 Å². The number of carbonyl (C=O) groups is 3. The second-order valence-electron chi connectivity index (χ2n) is 13.1. The van der Waals surface area contributed by atoms with Crippen LogP contribution in [0.1, 0.15) is 100 Å². The number of fused-ring (bicyclic) bond motifs is 2. The van der Waals surface area contributed by atoms with E-state index in [9.17, 15) is 14.4 Å². The minimum Gasteiger partial charge on any atom is -0.465 e. The molecule has 9 nitrogen and oxygen atoms in total. The third kappa shape index (κ3) is 7.19. The number of epoxide rings is 1. The molecular formula is C36H44N2O7. The molecule has 2 aromatic heterocycles. The lowest BCUT2D eigenvalue weighted by Gasteiger charge is -2.43. The molecule has 0 amide bonds. The topological polar surface area (TPSA) is 117 Å². The number of ether oxygens (including phenoxy) is 4. The number of hydrogen-bond acceptors (Lipinski definition) is 9. The van der Waals surface area contributed by atoms with Crippen molar-refractivity contribution in [3.8, 4) is 0 Å². The predicted molar refractivity (Wildman–Crippen MR) is 167 cm³/mol. The molecule has 5 rings (SSSR count). The zero-order valence-electron chi connectivity index (χ0n) is 26.9. The van der Waals surface area contributed by atoms with Gasteiger partial charge in [0, 0.05) is 43.5 Å². The van der Waals surface area contributed by atoms with Crippen LogP contribution in [-0.4, -0.2) is 58.4 Å². The fraction of sp³-hybridized carbons (Fsp3) is 0.528. The maximum absolute atomic E-state index is 13.7. The molecule has 240 valence electrons. The molecule has 6 atom stereocenters. The summed E-state index contributed by atoms with van der Waals surface area (Å²) in [4.78, 5) is 48.5. The monoisotopic (exact) mass is 616 g/mol. The lowest BCUT2D eigenvalue weighted by molar-refractivity contribution is -0.153. The van der Waals surface area contributed by atoms with Crippen molar-refractivity contribution in [1.82, 2.24) is 9.97 Å². The largest absolute Gasteiger partial charge is 0.465 e. The van der Waals surface area contributed by atoms with Gasteiger partial charge in [0.1, 0.15) is 18.8 Å². The van der Waals surface area contributed by atoms with Crippen molar-refractivity contribution in [1.29, 1.82) is 0 Å². The van der Waals surface area contributed by atoms with E-state index in [1.54, 1.807) is 36.7 Å². The van der Waals surface area contributed by atoms with E-state index in [2.05, 4.69) is 30.7 Å². The zero-order valence-corrected chi connectivity index (χ0v) is 26.9. The molecule has 9 heteroatoms. The van der Waals surface area contributed by atoms with Crippen molar-refractivity contribution < 1.29 is 33.3 Å². The predicted octanol–water partition coefficient (Wildman–Crippen LogP) is 6.59. The van der Waals surface area contributed by atoms with Gasteiger partial charge in [0.2, 0.25) is 0 Å². The lowest BCUT2D eigenvalue weighted by atomic mass is 9.68. The van der Waals surface area contributed by atoms with Crippen LogP contribution < -0.4 is 0 Å². The quantitative estimate of drug-likeness (QED) is 0.140. The number of nitrogens with zero attached hydrogens (tertiary/aromatic N) is 2. The Hall–Kier alpha value is -3.85. The molecule has 1 aliphatic heterocycles. The Morgan fingerprint density at radius 1 is 1.00 bits per heavy atom. The molecule has 2 aliphatic carbocycles. The van der Waals surface area contributed by atoms with Crippen LogP contribution in [-0.2, 0) is 23.7 Å². The normalized spacial score (nSPS) is 30.4. The molecule has 0 unspecified atom stereocenters. The summed E-state index contributed by atoms with van der Waals surface area (Å²) in [6.07, 6.45) is 10.9. The van der Waals surface area contributed by atoms with Crippen molar-refractivity contribution in [2.75, 3.05) is 6.61 Å². The molecule has 3 heterocycles. The van der Waals surface area contributed by atoms with Crippen LogP contribution in [0.3, 0.4) is 0 Å². The highest BCUT2D eigenvalue weighted by atomic mass is 16.6. The van der Waals surface area contributed by atoms with Gasteiger partial charge in [-0.2, -0.15) is 0 Å². The fourth-order valence-corrected chi connectivity index (χ4v) is 7.07. The standard InChI is InChI=1S/C36H44N2O7/c1-6-9-31(39)42-22-36-15-14-27(23(2)3)32(36)28(43-33(40)25-10-7-16-37-20-25)19-35(5)29(45-35)13-12-24(4)18-30(36)44-34(41)26-11-8-17-38-21-26/h7-8,10-11,16-18,20-21,28-30,32H,6,9,12-15,19,22H2,1-5H3/b24-18+/t28-,29-,30+,32-,35+,36+/m1/s1. The number of hydrogen-bond donors (Lipinski definition) is 0. The maximum Gasteiger partial charge on any atom is 0.340 e. The Morgan fingerprint density at radius 2 is 1.67 bits per heavy atom. The van der Waals surface area contributed by atoms with Gasteiger partial charge in [-0.1, -0.05) is 23.6 Å². The van der Waals surface area contributed by atoms with E-state index >= 15 is 0 Å². The number of aromatic nitrogens is 2. The van der Waals surface area contributed by atoms with E-state index in [0.29, 0.717) is 36.8 Å². The van der Waals surface area contributed by atoms with Crippen molar-refractivity contribution in [2.24, 2.45) is 11.3 Å². The molecule has 45 heavy (non-hydrogen) atoms. The van der Waals surface area contributed by atoms with Gasteiger partial charge < -0.3 is 18.9 Å². The van der Waals surface area contributed by atoms with Gasteiger partial charge in [-0.3, -0.25) is 14.8 Å². The van der Waals surface area contributed by atoms with Gasteiger partial charge in [-0.15, -0.1) is 0 Å². The van der Waals surface area contributed by atoms with Gasteiger partial charge in [-0.05, 0) is 90.1 Å². The summed E-state index contributed by atoms with van der Waals surface area (Å²) in [6.45, 7) is 10.1. The molecular weight excluding hydrogens is 572 g/mol. The number of carbonyl (C=O) groups excluding carboxylic acids is 3. The van der Waals surface area contributed by atoms with Gasteiger partial charge in [-0.25, -0.2) is 9.59 Å². The number of rotatable bonds is 8. The van der Waals surface area contributed by atoms with Crippen molar-refractivity contribution in [3.63, 3.8) is 0 Å². The van der Waals surface area contributed by atoms with E-state index in [1.165, 1.54) is 12.4 Å². The van der Waals surface area contributed by atoms with Crippen LogP contribution in [0, 0.1) is 11.3 Å². The minimum absolute atomic E-state index is 0.00303. The first-order chi connectivity index (χ1) is 21.6. The molecule has 0 aromatic carbocycles. The highest BCUT2D eigenvalue weighted by Gasteiger charge is 2.61. The van der Waals surface area contributed by atoms with E-state index in [-0.39, 0.29) is 25.1 Å². The highest BCUT2D eigenvalue weighted by molar-refractivity contribution is 5.89. The Bertz CT molecular complexity index is 1450. The molecule has 1 saturated carbocycles. The first-order valence-electron chi connectivity index (χ1n) is 16.0. The maximum atomic E-state index is 13.7. The average Bonchev–Trinajstić information content (AvgIpc) is 3.50. The van der Waals surface area contributed by atoms with Gasteiger partial charge in [0.05, 0.1) is 28.2 Å². The van der Waals surface area contributed by atoms with Crippen LogP contribution in [0.5, 0.6) is 0 Å². The minimum atomic E-state index is -0.917. The summed E-state index contributed by atoms with van der Waals surface area (Å²) in [5.74, 6) is -1.74. The molecule has 1 saturated heterocycles. The van der Waals surface area contributed by atoms with Gasteiger partial charge in [0.15, 0.2) is 0 Å². The van der Waals surface area contributed by atoms with Gasteiger partial charge in [0.25, 0.3) is 0 Å². The SMILES string of the molecule is CCCC(=O)OC[C@]12CCC(=C(C)C)[C@@H]1[C@H](OC(=O)c1cccnc1)C[C@]1(C)O[C@@H]1CC/C(C)=C/[C@@H]2OC(=O)c1cccnc1. The second-order valence-corrected chi connectivity index (χ2v) is 13.1. The number of pyridine rings is 2. The van der Waals surface area contributed by atoms with E-state index in [0.717, 1.165) is 29.6 Å². The average molecular weight is 617 g/mol. The van der Waals surface area contributed by atoms with E-state index in [1.807, 2.05) is 19.9 Å².